The van der Waals surface area contributed by atoms with E-state index in [-0.39, 0.29) is 38.5 Å². The van der Waals surface area contributed by atoms with E-state index in [1.807, 2.05) is 13.0 Å². The van der Waals surface area contributed by atoms with Crippen LogP contribution in [0.4, 0.5) is 4.39 Å². The number of quaternary nitrogens is 1. The summed E-state index contributed by atoms with van der Waals surface area (Å²) in [6, 6.07) is 15.9. The van der Waals surface area contributed by atoms with Gasteiger partial charge in [-0.1, -0.05) is 48.9 Å². The van der Waals surface area contributed by atoms with Gasteiger partial charge in [-0.05, 0) is 44.2 Å². The van der Waals surface area contributed by atoms with Crippen molar-refractivity contribution in [2.75, 3.05) is 26.2 Å². The van der Waals surface area contributed by atoms with Gasteiger partial charge in [0.15, 0.2) is 11.6 Å². The first-order valence-electron chi connectivity index (χ1n) is 9.95. The van der Waals surface area contributed by atoms with Crippen molar-refractivity contribution in [3.05, 3.63) is 65.5 Å². The van der Waals surface area contributed by atoms with Gasteiger partial charge in [0, 0.05) is 38.3 Å². The maximum absolute atomic E-state index is 14.0. The number of rotatable bonds is 6. The fourth-order valence-corrected chi connectivity index (χ4v) is 4.11. The summed E-state index contributed by atoms with van der Waals surface area (Å²) in [7, 11) is 0. The van der Waals surface area contributed by atoms with E-state index >= 15 is 0 Å². The Kier molecular flexibility index (Phi) is 9.42. The molecule has 0 amide bonds. The summed E-state index contributed by atoms with van der Waals surface area (Å²) in [5.41, 5.74) is 2.25. The third-order valence-electron chi connectivity index (χ3n) is 5.60. The SMILES string of the molecule is Cc1cccc(F)c1OCC[N+]1(Cc2ccccc2)CCCCCCC1.[Y]. The molecule has 1 radical (unpaired) electrons. The molecule has 1 aliphatic heterocycles. The molecule has 0 aromatic heterocycles. The van der Waals surface area contributed by atoms with Crippen LogP contribution in [-0.4, -0.2) is 30.7 Å². The monoisotopic (exact) mass is 445 g/mol. The molecule has 0 N–H and O–H groups in total. The fraction of sp³-hybridized carbons (Fsp3) is 0.478. The molecule has 27 heavy (non-hydrogen) atoms. The van der Waals surface area contributed by atoms with Crippen molar-refractivity contribution >= 4 is 0 Å². The van der Waals surface area contributed by atoms with E-state index in [4.69, 9.17) is 4.74 Å². The average Bonchev–Trinajstić information content (AvgIpc) is 2.62. The van der Waals surface area contributed by atoms with E-state index in [0.717, 1.165) is 23.1 Å². The van der Waals surface area contributed by atoms with E-state index in [1.165, 1.54) is 56.8 Å². The van der Waals surface area contributed by atoms with Gasteiger partial charge in [0.2, 0.25) is 0 Å². The Hall–Kier alpha value is -0.766. The Bertz CT molecular complexity index is 664. The number of ether oxygens (including phenoxy) is 1. The zero-order valence-corrected chi connectivity index (χ0v) is 19.3. The Morgan fingerprint density at radius 3 is 2.22 bits per heavy atom. The van der Waals surface area contributed by atoms with E-state index in [1.54, 1.807) is 6.07 Å². The molecule has 0 saturated carbocycles. The zero-order valence-electron chi connectivity index (χ0n) is 16.5. The van der Waals surface area contributed by atoms with Gasteiger partial charge in [-0.3, -0.25) is 0 Å². The van der Waals surface area contributed by atoms with Crippen LogP contribution in [0.1, 0.15) is 43.2 Å². The average molecular weight is 445 g/mol. The van der Waals surface area contributed by atoms with Crippen LogP contribution in [0.25, 0.3) is 0 Å². The van der Waals surface area contributed by atoms with Crippen LogP contribution < -0.4 is 4.74 Å². The summed E-state index contributed by atoms with van der Waals surface area (Å²) in [5, 5.41) is 0. The van der Waals surface area contributed by atoms with Crippen LogP contribution in [0.2, 0.25) is 0 Å². The first-order chi connectivity index (χ1) is 12.7. The second kappa shape index (κ2) is 11.3. The van der Waals surface area contributed by atoms with Crippen molar-refractivity contribution in [1.29, 1.82) is 0 Å². The Morgan fingerprint density at radius 2 is 1.56 bits per heavy atom. The second-order valence-corrected chi connectivity index (χ2v) is 7.66. The number of benzene rings is 2. The molecular weight excluding hydrogens is 414 g/mol. The van der Waals surface area contributed by atoms with Gasteiger partial charge in [0.25, 0.3) is 0 Å². The fourth-order valence-electron chi connectivity index (χ4n) is 4.11. The van der Waals surface area contributed by atoms with Gasteiger partial charge in [-0.15, -0.1) is 0 Å². The number of aryl methyl sites for hydroxylation is 1. The summed E-state index contributed by atoms with van der Waals surface area (Å²) < 4.78 is 21.0. The third kappa shape index (κ3) is 6.66. The van der Waals surface area contributed by atoms with E-state index in [0.29, 0.717) is 12.4 Å². The Morgan fingerprint density at radius 1 is 0.889 bits per heavy atom. The van der Waals surface area contributed by atoms with Crippen molar-refractivity contribution in [2.24, 2.45) is 0 Å². The van der Waals surface area contributed by atoms with Crippen LogP contribution in [0.3, 0.4) is 0 Å². The minimum Gasteiger partial charge on any atom is -0.484 e. The number of nitrogens with zero attached hydrogens (tertiary/aromatic N) is 1. The number of halogens is 1. The predicted octanol–water partition coefficient (Wildman–Crippen LogP) is 5.49. The molecule has 1 fully saturated rings. The summed E-state index contributed by atoms with van der Waals surface area (Å²) in [6.45, 7) is 6.82. The molecule has 1 aliphatic rings. The molecule has 143 valence electrons. The van der Waals surface area contributed by atoms with E-state index < -0.39 is 0 Å². The number of hydrogen-bond donors (Lipinski definition) is 0. The molecule has 4 heteroatoms. The summed E-state index contributed by atoms with van der Waals surface area (Å²) in [5.74, 6) is 0.157. The first kappa shape index (κ1) is 22.5. The predicted molar refractivity (Wildman–Crippen MR) is 105 cm³/mol. The molecule has 2 nitrogen and oxygen atoms in total. The van der Waals surface area contributed by atoms with Gasteiger partial charge in [-0.25, -0.2) is 4.39 Å². The molecule has 0 bridgehead atoms. The van der Waals surface area contributed by atoms with Gasteiger partial charge < -0.3 is 9.22 Å². The molecule has 3 rings (SSSR count). The van der Waals surface area contributed by atoms with Crippen molar-refractivity contribution in [1.82, 2.24) is 0 Å². The van der Waals surface area contributed by atoms with Crippen molar-refractivity contribution in [2.45, 2.75) is 45.6 Å². The summed E-state index contributed by atoms with van der Waals surface area (Å²) in [6.07, 6.45) is 6.54. The van der Waals surface area contributed by atoms with E-state index in [2.05, 4.69) is 30.3 Å². The van der Waals surface area contributed by atoms with Crippen molar-refractivity contribution < 1.29 is 46.3 Å². The van der Waals surface area contributed by atoms with E-state index in [9.17, 15) is 4.39 Å². The molecule has 1 heterocycles. The van der Waals surface area contributed by atoms with Gasteiger partial charge in [-0.2, -0.15) is 0 Å². The zero-order chi connectivity index (χ0) is 18.2. The van der Waals surface area contributed by atoms with Crippen molar-refractivity contribution in [3.8, 4) is 5.75 Å². The third-order valence-corrected chi connectivity index (χ3v) is 5.60. The minimum atomic E-state index is -0.257. The Balaban J connectivity index is 0.00000261. The molecule has 0 unspecified atom stereocenters. The van der Waals surface area contributed by atoms with Gasteiger partial charge in [0.05, 0.1) is 13.1 Å². The second-order valence-electron chi connectivity index (χ2n) is 7.66. The van der Waals surface area contributed by atoms with Gasteiger partial charge in [0.1, 0.15) is 19.7 Å². The van der Waals surface area contributed by atoms with Gasteiger partial charge >= 0.3 is 0 Å². The smallest absolute Gasteiger partial charge is 0.165 e. The molecular formula is C23H31FNOY+. The molecule has 0 atom stereocenters. The normalized spacial score (nSPS) is 16.7. The Labute approximate surface area is 188 Å². The molecule has 1 saturated heterocycles. The number of para-hydroxylation sites is 1. The van der Waals surface area contributed by atoms with Crippen LogP contribution in [0.15, 0.2) is 48.5 Å². The van der Waals surface area contributed by atoms with Crippen LogP contribution in [0.5, 0.6) is 5.75 Å². The summed E-state index contributed by atoms with van der Waals surface area (Å²) >= 11 is 0. The quantitative estimate of drug-likeness (QED) is 0.535. The summed E-state index contributed by atoms with van der Waals surface area (Å²) in [4.78, 5) is 0. The van der Waals surface area contributed by atoms with Crippen LogP contribution in [0, 0.1) is 12.7 Å². The standard InChI is InChI=1S/C23H31FNO.Y/c1-20-11-10-14-22(24)23(20)26-18-17-25(15-8-3-2-4-9-16-25)19-21-12-6-5-7-13-21;/h5-7,10-14H,2-4,8-9,15-19H2,1H3;/q+1;. The van der Waals surface area contributed by atoms with Crippen LogP contribution in [-0.2, 0) is 39.3 Å². The molecule has 2 aromatic carbocycles. The molecule has 2 aromatic rings. The maximum Gasteiger partial charge on any atom is 0.165 e. The van der Waals surface area contributed by atoms with Crippen LogP contribution >= 0.6 is 0 Å². The largest absolute Gasteiger partial charge is 0.484 e. The topological polar surface area (TPSA) is 9.23 Å². The minimum absolute atomic E-state index is 0. The number of likely N-dealkylation sites (tertiary alicyclic amines) is 1. The molecule has 0 aliphatic carbocycles. The first-order valence-corrected chi connectivity index (χ1v) is 9.95. The number of hydrogen-bond acceptors (Lipinski definition) is 1. The molecule has 0 spiro atoms. The van der Waals surface area contributed by atoms with Crippen molar-refractivity contribution in [3.63, 3.8) is 0 Å². The maximum atomic E-state index is 14.0.